The molecule has 1 aliphatic rings. The molecule has 0 aliphatic heterocycles. The second-order valence-corrected chi connectivity index (χ2v) is 8.08. The zero-order valence-electron chi connectivity index (χ0n) is 17.6. The van der Waals surface area contributed by atoms with Crippen molar-refractivity contribution in [2.45, 2.75) is 38.6 Å². The van der Waals surface area contributed by atoms with Gasteiger partial charge in [0.05, 0.1) is 18.7 Å². The van der Waals surface area contributed by atoms with Gasteiger partial charge in [-0.3, -0.25) is 14.5 Å². The van der Waals surface area contributed by atoms with Gasteiger partial charge in [0.15, 0.2) is 0 Å². The monoisotopic (exact) mass is 410 g/mol. The first-order valence-electron chi connectivity index (χ1n) is 11.0. The molecule has 31 heavy (non-hydrogen) atoms. The standard InChI is InChI=1S/C26H26N4O/c31-25(18-20-10-7-9-19-8-1-2-11-21(19)20)28-16-17-30-24-14-4-3-12-22(24)26(29-30)23-13-5-6-15-27-23/h1-2,5-11,13,15H,3-4,12,14,16-18H2,(H,28,31). The number of fused-ring (bicyclic) bond motifs is 2. The van der Waals surface area contributed by atoms with E-state index in [4.69, 9.17) is 5.10 Å². The van der Waals surface area contributed by atoms with Gasteiger partial charge in [0.1, 0.15) is 5.69 Å². The number of carbonyl (C=O) groups is 1. The van der Waals surface area contributed by atoms with E-state index in [0.717, 1.165) is 40.6 Å². The lowest BCUT2D eigenvalue weighted by molar-refractivity contribution is -0.120. The van der Waals surface area contributed by atoms with Crippen LogP contribution in [0.1, 0.15) is 29.7 Å². The van der Waals surface area contributed by atoms with Crippen molar-refractivity contribution in [1.82, 2.24) is 20.1 Å². The van der Waals surface area contributed by atoms with E-state index in [0.29, 0.717) is 19.5 Å². The molecule has 5 rings (SSSR count). The molecule has 5 nitrogen and oxygen atoms in total. The summed E-state index contributed by atoms with van der Waals surface area (Å²) in [5.41, 5.74) is 5.61. The predicted molar refractivity (Wildman–Crippen MR) is 123 cm³/mol. The lowest BCUT2D eigenvalue weighted by atomic mass is 9.95. The first-order chi connectivity index (χ1) is 15.3. The second-order valence-electron chi connectivity index (χ2n) is 8.08. The molecule has 5 heteroatoms. The maximum absolute atomic E-state index is 12.6. The average Bonchev–Trinajstić information content (AvgIpc) is 3.19. The van der Waals surface area contributed by atoms with Gasteiger partial charge in [-0.25, -0.2) is 0 Å². The molecular formula is C26H26N4O. The van der Waals surface area contributed by atoms with E-state index in [1.165, 1.54) is 24.1 Å². The normalized spacial score (nSPS) is 13.2. The van der Waals surface area contributed by atoms with Crippen LogP contribution in [-0.4, -0.2) is 27.2 Å². The Morgan fingerprint density at radius 1 is 0.968 bits per heavy atom. The summed E-state index contributed by atoms with van der Waals surface area (Å²) in [6.07, 6.45) is 6.68. The number of hydrogen-bond acceptors (Lipinski definition) is 3. The molecule has 0 unspecified atom stereocenters. The Morgan fingerprint density at radius 3 is 2.71 bits per heavy atom. The zero-order valence-corrected chi connectivity index (χ0v) is 17.6. The fraction of sp³-hybridized carbons (Fsp3) is 0.269. The van der Waals surface area contributed by atoms with Gasteiger partial charge in [-0.05, 0) is 54.2 Å². The molecule has 0 saturated heterocycles. The van der Waals surface area contributed by atoms with Gasteiger partial charge < -0.3 is 5.32 Å². The Balaban J connectivity index is 1.27. The van der Waals surface area contributed by atoms with Gasteiger partial charge in [-0.15, -0.1) is 0 Å². The van der Waals surface area contributed by atoms with E-state index in [1.807, 2.05) is 48.7 Å². The average molecular weight is 411 g/mol. The Bertz CT molecular complexity index is 1210. The molecular weight excluding hydrogens is 384 g/mol. The van der Waals surface area contributed by atoms with E-state index >= 15 is 0 Å². The maximum Gasteiger partial charge on any atom is 0.224 e. The third-order valence-electron chi connectivity index (χ3n) is 6.04. The summed E-state index contributed by atoms with van der Waals surface area (Å²) in [6.45, 7) is 1.25. The first-order valence-corrected chi connectivity index (χ1v) is 11.0. The molecule has 0 radical (unpaired) electrons. The Labute approximate surface area is 182 Å². The van der Waals surface area contributed by atoms with Crippen LogP contribution in [0, 0.1) is 0 Å². The number of nitrogens with one attached hydrogen (secondary N) is 1. The highest BCUT2D eigenvalue weighted by Crippen LogP contribution is 2.30. The lowest BCUT2D eigenvalue weighted by Crippen LogP contribution is -2.29. The van der Waals surface area contributed by atoms with Crippen molar-refractivity contribution in [3.05, 3.63) is 83.7 Å². The van der Waals surface area contributed by atoms with Gasteiger partial charge in [0.25, 0.3) is 0 Å². The van der Waals surface area contributed by atoms with Crippen LogP contribution in [0.5, 0.6) is 0 Å². The molecule has 1 amide bonds. The number of rotatable bonds is 6. The van der Waals surface area contributed by atoms with Crippen LogP contribution in [0.25, 0.3) is 22.2 Å². The van der Waals surface area contributed by atoms with Gasteiger partial charge in [0, 0.05) is 24.0 Å². The van der Waals surface area contributed by atoms with Crippen LogP contribution in [0.2, 0.25) is 0 Å². The van der Waals surface area contributed by atoms with Crippen molar-refractivity contribution in [3.63, 3.8) is 0 Å². The fourth-order valence-electron chi connectivity index (χ4n) is 4.55. The molecule has 0 bridgehead atoms. The molecule has 156 valence electrons. The van der Waals surface area contributed by atoms with Gasteiger partial charge in [-0.1, -0.05) is 48.5 Å². The summed E-state index contributed by atoms with van der Waals surface area (Å²) in [7, 11) is 0. The Kier molecular flexibility index (Phi) is 5.48. The minimum atomic E-state index is 0.0438. The van der Waals surface area contributed by atoms with Crippen molar-refractivity contribution in [1.29, 1.82) is 0 Å². The third-order valence-corrected chi connectivity index (χ3v) is 6.04. The molecule has 4 aromatic rings. The van der Waals surface area contributed by atoms with Crippen LogP contribution in [-0.2, 0) is 30.6 Å². The number of hydrogen-bond donors (Lipinski definition) is 1. The number of nitrogens with zero attached hydrogens (tertiary/aromatic N) is 3. The molecule has 2 aromatic carbocycles. The molecule has 0 atom stereocenters. The Hall–Kier alpha value is -3.47. The van der Waals surface area contributed by atoms with Gasteiger partial charge >= 0.3 is 0 Å². The minimum Gasteiger partial charge on any atom is -0.354 e. The second kappa shape index (κ2) is 8.72. The van der Waals surface area contributed by atoms with Crippen molar-refractivity contribution in [2.24, 2.45) is 0 Å². The molecule has 1 N–H and O–H groups in total. The summed E-state index contributed by atoms with van der Waals surface area (Å²) < 4.78 is 2.08. The quantitative estimate of drug-likeness (QED) is 0.515. The molecule has 2 heterocycles. The fourth-order valence-corrected chi connectivity index (χ4v) is 4.55. The van der Waals surface area contributed by atoms with Crippen LogP contribution < -0.4 is 5.32 Å². The summed E-state index contributed by atoms with van der Waals surface area (Å²) in [4.78, 5) is 17.1. The van der Waals surface area contributed by atoms with E-state index < -0.39 is 0 Å². The van der Waals surface area contributed by atoms with Gasteiger partial charge in [0.2, 0.25) is 5.91 Å². The number of carbonyl (C=O) groups excluding carboxylic acids is 1. The van der Waals surface area contributed by atoms with Crippen molar-refractivity contribution >= 4 is 16.7 Å². The van der Waals surface area contributed by atoms with E-state index in [1.54, 1.807) is 0 Å². The van der Waals surface area contributed by atoms with Crippen molar-refractivity contribution in [3.8, 4) is 11.4 Å². The topological polar surface area (TPSA) is 59.8 Å². The summed E-state index contributed by atoms with van der Waals surface area (Å²) in [6, 6.07) is 20.3. The molecule has 0 saturated carbocycles. The molecule has 0 spiro atoms. The summed E-state index contributed by atoms with van der Waals surface area (Å²) in [5, 5.41) is 10.3. The van der Waals surface area contributed by atoms with Crippen LogP contribution in [0.3, 0.4) is 0 Å². The smallest absolute Gasteiger partial charge is 0.224 e. The highest BCUT2D eigenvalue weighted by molar-refractivity contribution is 5.90. The van der Waals surface area contributed by atoms with Crippen LogP contribution in [0.15, 0.2) is 66.9 Å². The Morgan fingerprint density at radius 2 is 1.81 bits per heavy atom. The number of pyridine rings is 1. The predicted octanol–water partition coefficient (Wildman–Crippen LogP) is 4.34. The first kappa shape index (κ1) is 19.5. The number of amides is 1. The zero-order chi connectivity index (χ0) is 21.0. The van der Waals surface area contributed by atoms with Crippen molar-refractivity contribution < 1.29 is 4.79 Å². The molecule has 1 aliphatic carbocycles. The number of benzene rings is 2. The van der Waals surface area contributed by atoms with E-state index in [9.17, 15) is 4.79 Å². The highest BCUT2D eigenvalue weighted by atomic mass is 16.1. The van der Waals surface area contributed by atoms with Crippen LogP contribution >= 0.6 is 0 Å². The largest absolute Gasteiger partial charge is 0.354 e. The van der Waals surface area contributed by atoms with Gasteiger partial charge in [-0.2, -0.15) is 5.10 Å². The van der Waals surface area contributed by atoms with E-state index in [-0.39, 0.29) is 5.91 Å². The third kappa shape index (κ3) is 4.08. The highest BCUT2D eigenvalue weighted by Gasteiger charge is 2.22. The molecule has 2 aromatic heterocycles. The van der Waals surface area contributed by atoms with E-state index in [2.05, 4.69) is 33.2 Å². The van der Waals surface area contributed by atoms with Crippen LogP contribution in [0.4, 0.5) is 0 Å². The molecule has 0 fully saturated rings. The lowest BCUT2D eigenvalue weighted by Gasteiger charge is -2.14. The van der Waals surface area contributed by atoms with Crippen molar-refractivity contribution in [2.75, 3.05) is 6.54 Å². The number of aromatic nitrogens is 3. The maximum atomic E-state index is 12.6. The minimum absolute atomic E-state index is 0.0438. The summed E-state index contributed by atoms with van der Waals surface area (Å²) >= 11 is 0. The summed E-state index contributed by atoms with van der Waals surface area (Å²) in [5.74, 6) is 0.0438. The SMILES string of the molecule is O=C(Cc1cccc2ccccc12)NCCn1nc(-c2ccccn2)c2c1CCCC2.